The lowest BCUT2D eigenvalue weighted by atomic mass is 9.75. The van der Waals surface area contributed by atoms with Gasteiger partial charge in [-0.2, -0.15) is 10.5 Å². The molecule has 168 valence electrons. The van der Waals surface area contributed by atoms with Crippen molar-refractivity contribution in [2.75, 3.05) is 0 Å². The molecular weight excluding hydrogens is 388 g/mol. The van der Waals surface area contributed by atoms with Crippen LogP contribution in [-0.2, 0) is 6.42 Å². The quantitative estimate of drug-likeness (QED) is 0.357. The van der Waals surface area contributed by atoms with Gasteiger partial charge in [0.1, 0.15) is 12.1 Å². The van der Waals surface area contributed by atoms with Crippen LogP contribution in [0.15, 0.2) is 36.4 Å². The van der Waals surface area contributed by atoms with Gasteiger partial charge < -0.3 is 0 Å². The molecule has 1 aliphatic carbocycles. The van der Waals surface area contributed by atoms with E-state index in [1.54, 1.807) is 0 Å². The molecule has 2 heteroatoms. The number of nitrogens with zero attached hydrogens (tertiary/aromatic N) is 2. The van der Waals surface area contributed by atoms with E-state index in [9.17, 15) is 10.5 Å². The minimum Gasteiger partial charge on any atom is -0.192 e. The highest BCUT2D eigenvalue weighted by Crippen LogP contribution is 2.41. The molecule has 0 heterocycles. The van der Waals surface area contributed by atoms with Crippen LogP contribution in [-0.4, -0.2) is 0 Å². The van der Waals surface area contributed by atoms with Crippen LogP contribution in [0, 0.1) is 28.6 Å². The molecule has 0 saturated heterocycles. The van der Waals surface area contributed by atoms with Crippen LogP contribution in [0.4, 0.5) is 0 Å². The van der Waals surface area contributed by atoms with E-state index in [-0.39, 0.29) is 0 Å². The molecule has 0 bridgehead atoms. The molecule has 2 aromatic carbocycles. The number of benzene rings is 2. The van der Waals surface area contributed by atoms with Gasteiger partial charge in [0.05, 0.1) is 11.1 Å². The van der Waals surface area contributed by atoms with Gasteiger partial charge >= 0.3 is 0 Å². The highest BCUT2D eigenvalue weighted by molar-refractivity contribution is 5.75. The van der Waals surface area contributed by atoms with Crippen LogP contribution in [0.2, 0.25) is 0 Å². The largest absolute Gasteiger partial charge is 0.192 e. The first kappa shape index (κ1) is 24.1. The van der Waals surface area contributed by atoms with Gasteiger partial charge in [-0.3, -0.25) is 0 Å². The van der Waals surface area contributed by atoms with Crippen molar-refractivity contribution >= 4 is 0 Å². The Kier molecular flexibility index (Phi) is 9.37. The molecule has 0 N–H and O–H groups in total. The van der Waals surface area contributed by atoms with Gasteiger partial charge in [0.2, 0.25) is 0 Å². The lowest BCUT2D eigenvalue weighted by molar-refractivity contribution is 0.304. The molecule has 1 fully saturated rings. The van der Waals surface area contributed by atoms with Gasteiger partial charge in [0.15, 0.2) is 0 Å². The Bertz CT molecular complexity index is 935. The van der Waals surface area contributed by atoms with Crippen LogP contribution in [0.5, 0.6) is 0 Å². The fourth-order valence-electron chi connectivity index (χ4n) is 5.30. The second-order valence-corrected chi connectivity index (χ2v) is 9.54. The predicted molar refractivity (Wildman–Crippen MR) is 133 cm³/mol. The van der Waals surface area contributed by atoms with Gasteiger partial charge in [0.25, 0.3) is 0 Å². The van der Waals surface area contributed by atoms with E-state index >= 15 is 0 Å². The molecule has 0 aliphatic heterocycles. The number of nitriles is 2. The van der Waals surface area contributed by atoms with Gasteiger partial charge in [-0.25, -0.2) is 0 Å². The summed E-state index contributed by atoms with van der Waals surface area (Å²) in [4.78, 5) is 0. The first-order valence-corrected chi connectivity index (χ1v) is 12.8. The first-order chi connectivity index (χ1) is 15.7. The average Bonchev–Trinajstić information content (AvgIpc) is 2.85. The summed E-state index contributed by atoms with van der Waals surface area (Å²) in [6.07, 6.45) is 14.9. The lowest BCUT2D eigenvalue weighted by Crippen LogP contribution is -2.15. The SMILES string of the molecule is CCCCCCc1ccc(-c2ccc([C@H]3CC[C@H](CCCC)CC3)c(C#N)c2C#N)cc1. The van der Waals surface area contributed by atoms with Crippen LogP contribution < -0.4 is 0 Å². The maximum Gasteiger partial charge on any atom is 0.101 e. The van der Waals surface area contributed by atoms with Crippen molar-refractivity contribution in [3.63, 3.8) is 0 Å². The molecule has 0 aromatic heterocycles. The Morgan fingerprint density at radius 3 is 2.06 bits per heavy atom. The second kappa shape index (κ2) is 12.5. The summed E-state index contributed by atoms with van der Waals surface area (Å²) in [7, 11) is 0. The third-order valence-corrected chi connectivity index (χ3v) is 7.30. The van der Waals surface area contributed by atoms with E-state index in [0.29, 0.717) is 17.0 Å². The molecule has 1 saturated carbocycles. The second-order valence-electron chi connectivity index (χ2n) is 9.54. The van der Waals surface area contributed by atoms with Crippen LogP contribution in [0.1, 0.15) is 113 Å². The fraction of sp³-hybridized carbons (Fsp3) is 0.533. The number of hydrogen-bond acceptors (Lipinski definition) is 2. The third kappa shape index (κ3) is 6.01. The molecule has 0 unspecified atom stereocenters. The van der Waals surface area contributed by atoms with Crippen molar-refractivity contribution in [3.8, 4) is 23.3 Å². The van der Waals surface area contributed by atoms with E-state index in [1.807, 2.05) is 0 Å². The predicted octanol–water partition coefficient (Wildman–Crippen LogP) is 8.68. The topological polar surface area (TPSA) is 47.6 Å². The number of aryl methyl sites for hydroxylation is 1. The van der Waals surface area contributed by atoms with Crippen LogP contribution in [0.25, 0.3) is 11.1 Å². The highest BCUT2D eigenvalue weighted by Gasteiger charge is 2.26. The molecule has 0 spiro atoms. The normalized spacial score (nSPS) is 18.1. The summed E-state index contributed by atoms with van der Waals surface area (Å²) in [5.74, 6) is 1.25. The van der Waals surface area contributed by atoms with Gasteiger partial charge in [-0.05, 0) is 67.1 Å². The van der Waals surface area contributed by atoms with Gasteiger partial charge in [-0.15, -0.1) is 0 Å². The molecule has 0 amide bonds. The standard InChI is InChI=1S/C30H38N2/c1-3-5-7-8-10-24-13-17-26(18-14-24)28-20-19-27(29(21-31)30(28)22-32)25-15-11-23(12-16-25)9-6-4-2/h13-14,17-20,23,25H,3-12,15-16H2,1-2H3/t23-,25-. The molecule has 3 rings (SSSR count). The van der Waals surface area contributed by atoms with E-state index < -0.39 is 0 Å². The van der Waals surface area contributed by atoms with Crippen molar-refractivity contribution in [3.05, 3.63) is 58.7 Å². The summed E-state index contributed by atoms with van der Waals surface area (Å²) < 4.78 is 0. The zero-order chi connectivity index (χ0) is 22.8. The van der Waals surface area contributed by atoms with Crippen molar-refractivity contribution < 1.29 is 0 Å². The minimum atomic E-state index is 0.411. The van der Waals surface area contributed by atoms with Crippen LogP contribution in [0.3, 0.4) is 0 Å². The smallest absolute Gasteiger partial charge is 0.101 e. The van der Waals surface area contributed by atoms with Gasteiger partial charge in [0, 0.05) is 5.56 Å². The van der Waals surface area contributed by atoms with Crippen molar-refractivity contribution in [1.82, 2.24) is 0 Å². The molecule has 32 heavy (non-hydrogen) atoms. The summed E-state index contributed by atoms with van der Waals surface area (Å²) in [6.45, 7) is 4.50. The first-order valence-electron chi connectivity index (χ1n) is 12.8. The maximum absolute atomic E-state index is 9.98. The Hall–Kier alpha value is -2.58. The summed E-state index contributed by atoms with van der Waals surface area (Å²) in [6, 6.07) is 17.6. The Morgan fingerprint density at radius 1 is 0.750 bits per heavy atom. The molecule has 2 nitrogen and oxygen atoms in total. The van der Waals surface area contributed by atoms with E-state index in [2.05, 4.69) is 62.4 Å². The Morgan fingerprint density at radius 2 is 1.44 bits per heavy atom. The average molecular weight is 427 g/mol. The molecule has 0 atom stereocenters. The van der Waals surface area contributed by atoms with E-state index in [4.69, 9.17) is 0 Å². The van der Waals surface area contributed by atoms with Crippen molar-refractivity contribution in [2.24, 2.45) is 5.92 Å². The minimum absolute atomic E-state index is 0.411. The molecular formula is C30H38N2. The number of hydrogen-bond donors (Lipinski definition) is 0. The fourth-order valence-corrected chi connectivity index (χ4v) is 5.30. The zero-order valence-electron chi connectivity index (χ0n) is 20.0. The lowest BCUT2D eigenvalue weighted by Gasteiger charge is -2.29. The van der Waals surface area contributed by atoms with Gasteiger partial charge in [-0.1, -0.05) is 88.8 Å². The number of rotatable bonds is 10. The highest BCUT2D eigenvalue weighted by atomic mass is 14.3. The Labute approximate surface area is 195 Å². The molecule has 0 radical (unpaired) electrons. The third-order valence-electron chi connectivity index (χ3n) is 7.30. The number of unbranched alkanes of at least 4 members (excludes halogenated alkanes) is 4. The molecule has 2 aromatic rings. The van der Waals surface area contributed by atoms with Crippen molar-refractivity contribution in [1.29, 1.82) is 10.5 Å². The van der Waals surface area contributed by atoms with Crippen molar-refractivity contribution in [2.45, 2.75) is 96.8 Å². The van der Waals surface area contributed by atoms with E-state index in [0.717, 1.165) is 41.9 Å². The summed E-state index contributed by atoms with van der Waals surface area (Å²) in [5, 5.41) is 20.0. The Balaban J connectivity index is 1.77. The summed E-state index contributed by atoms with van der Waals surface area (Å²) >= 11 is 0. The maximum atomic E-state index is 9.98. The van der Waals surface area contributed by atoms with E-state index in [1.165, 1.54) is 63.4 Å². The van der Waals surface area contributed by atoms with Crippen LogP contribution >= 0.6 is 0 Å². The zero-order valence-corrected chi connectivity index (χ0v) is 20.0. The summed E-state index contributed by atoms with van der Waals surface area (Å²) in [5.41, 5.74) is 5.52. The monoisotopic (exact) mass is 426 g/mol. The molecule has 1 aliphatic rings.